The van der Waals surface area contributed by atoms with E-state index in [9.17, 15) is 14.7 Å². The molecule has 0 bridgehead atoms. The molecule has 0 aromatic rings. The highest BCUT2D eigenvalue weighted by atomic mass is 16.5. The molecule has 2 saturated carbocycles. The van der Waals surface area contributed by atoms with E-state index in [0.29, 0.717) is 17.9 Å². The zero-order valence-corrected chi connectivity index (χ0v) is 16.1. The van der Waals surface area contributed by atoms with Gasteiger partial charge in [0.25, 0.3) is 0 Å². The minimum absolute atomic E-state index is 0.0395. The van der Waals surface area contributed by atoms with E-state index in [1.807, 2.05) is 0 Å². The van der Waals surface area contributed by atoms with Crippen molar-refractivity contribution in [2.45, 2.75) is 65.7 Å². The number of hydrogen-bond acceptors (Lipinski definition) is 4. The van der Waals surface area contributed by atoms with Crippen molar-refractivity contribution in [2.75, 3.05) is 13.7 Å². The predicted molar refractivity (Wildman–Crippen MR) is 95.8 cm³/mol. The van der Waals surface area contributed by atoms with Gasteiger partial charge in [0.1, 0.15) is 0 Å². The lowest BCUT2D eigenvalue weighted by molar-refractivity contribution is -0.164. The van der Waals surface area contributed by atoms with Crippen LogP contribution >= 0.6 is 0 Å². The van der Waals surface area contributed by atoms with Gasteiger partial charge in [-0.1, -0.05) is 27.2 Å². The van der Waals surface area contributed by atoms with Gasteiger partial charge in [-0.3, -0.25) is 4.79 Å². The monoisotopic (exact) mass is 348 g/mol. The van der Waals surface area contributed by atoms with E-state index in [-0.39, 0.29) is 29.1 Å². The van der Waals surface area contributed by atoms with Crippen LogP contribution in [0.2, 0.25) is 0 Å². The fourth-order valence-electron chi connectivity index (χ4n) is 6.65. The molecule has 4 nitrogen and oxygen atoms in total. The van der Waals surface area contributed by atoms with Crippen molar-refractivity contribution in [1.29, 1.82) is 0 Å². The molecule has 0 amide bonds. The van der Waals surface area contributed by atoms with Crippen LogP contribution in [0.1, 0.15) is 65.7 Å². The fourth-order valence-corrected chi connectivity index (χ4v) is 6.65. The van der Waals surface area contributed by atoms with Gasteiger partial charge < -0.3 is 9.84 Å². The quantitative estimate of drug-likeness (QED) is 0.773. The first-order valence-electron chi connectivity index (χ1n) is 9.65. The van der Waals surface area contributed by atoms with Crippen molar-refractivity contribution in [1.82, 2.24) is 0 Å². The lowest BCUT2D eigenvalue weighted by Crippen LogP contribution is -2.58. The van der Waals surface area contributed by atoms with Crippen LogP contribution < -0.4 is 0 Å². The van der Waals surface area contributed by atoms with Crippen molar-refractivity contribution < 1.29 is 19.4 Å². The number of aliphatic hydroxyl groups excluding tert-OH is 1. The van der Waals surface area contributed by atoms with Crippen molar-refractivity contribution in [3.63, 3.8) is 0 Å². The summed E-state index contributed by atoms with van der Waals surface area (Å²) in [6.45, 7) is 6.93. The molecule has 1 N–H and O–H groups in total. The summed E-state index contributed by atoms with van der Waals surface area (Å²) in [5.41, 5.74) is 0.0411. The Labute approximate surface area is 151 Å². The van der Waals surface area contributed by atoms with Crippen molar-refractivity contribution in [3.8, 4) is 0 Å². The molecular formula is C21H32O4. The molecule has 0 aromatic carbocycles. The Hall–Kier alpha value is -1.16. The van der Waals surface area contributed by atoms with Gasteiger partial charge in [0.05, 0.1) is 19.1 Å². The van der Waals surface area contributed by atoms with E-state index in [4.69, 9.17) is 4.74 Å². The molecule has 140 valence electrons. The largest absolute Gasteiger partial charge is 0.466 e. The van der Waals surface area contributed by atoms with Crippen LogP contribution in [0.3, 0.4) is 0 Å². The van der Waals surface area contributed by atoms with Crippen LogP contribution in [0, 0.1) is 28.1 Å². The Morgan fingerprint density at radius 1 is 1.20 bits per heavy atom. The smallest absolute Gasteiger partial charge is 0.333 e. The number of rotatable bonds is 2. The van der Waals surface area contributed by atoms with E-state index in [2.05, 4.69) is 20.8 Å². The number of carbonyl (C=O) groups is 2. The van der Waals surface area contributed by atoms with E-state index in [1.54, 1.807) is 0 Å². The number of aliphatic hydroxyl groups is 1. The highest BCUT2D eigenvalue weighted by Gasteiger charge is 2.61. The maximum Gasteiger partial charge on any atom is 0.333 e. The number of hydrogen-bond donors (Lipinski definition) is 1. The summed E-state index contributed by atoms with van der Waals surface area (Å²) in [4.78, 5) is 25.2. The lowest BCUT2D eigenvalue weighted by Gasteiger charge is -2.62. The van der Waals surface area contributed by atoms with Crippen LogP contribution in [-0.4, -0.2) is 30.6 Å². The molecule has 25 heavy (non-hydrogen) atoms. The average molecular weight is 348 g/mol. The molecule has 0 spiro atoms. The molecule has 4 heteroatoms. The molecule has 3 rings (SSSR count). The normalized spacial score (nSPS) is 40.4. The zero-order chi connectivity index (χ0) is 18.5. The zero-order valence-electron chi connectivity index (χ0n) is 16.1. The number of esters is 1. The van der Waals surface area contributed by atoms with Gasteiger partial charge >= 0.3 is 5.97 Å². The highest BCUT2D eigenvalue weighted by molar-refractivity contribution is 6.03. The molecule has 0 aromatic heterocycles. The molecule has 0 heterocycles. The van der Waals surface area contributed by atoms with E-state index >= 15 is 0 Å². The maximum absolute atomic E-state index is 13.2. The second-order valence-electron chi connectivity index (χ2n) is 9.37. The number of carbonyl (C=O) groups excluding carboxylic acids is 2. The third-order valence-corrected chi connectivity index (χ3v) is 7.85. The number of allylic oxidation sites excluding steroid dienone is 1. The van der Waals surface area contributed by atoms with E-state index < -0.39 is 11.4 Å². The Morgan fingerprint density at radius 3 is 2.56 bits per heavy atom. The van der Waals surface area contributed by atoms with Gasteiger partial charge in [-0.15, -0.1) is 0 Å². The summed E-state index contributed by atoms with van der Waals surface area (Å²) in [6, 6.07) is 0. The van der Waals surface area contributed by atoms with E-state index in [1.165, 1.54) is 26.0 Å². The number of methoxy groups -OCH3 is 1. The second-order valence-corrected chi connectivity index (χ2v) is 9.37. The Bertz CT molecular complexity index is 605. The summed E-state index contributed by atoms with van der Waals surface area (Å²) in [7, 11) is 1.36. The summed E-state index contributed by atoms with van der Waals surface area (Å²) in [5, 5.41) is 10.3. The molecule has 0 radical (unpaired) electrons. The van der Waals surface area contributed by atoms with Crippen LogP contribution in [-0.2, 0) is 14.3 Å². The Morgan fingerprint density at radius 2 is 1.92 bits per heavy atom. The van der Waals surface area contributed by atoms with Crippen molar-refractivity contribution >= 4 is 11.8 Å². The number of ketones is 1. The molecule has 4 atom stereocenters. The summed E-state index contributed by atoms with van der Waals surface area (Å²) in [6.07, 6.45) is 8.02. The van der Waals surface area contributed by atoms with Gasteiger partial charge in [-0.05, 0) is 67.3 Å². The molecule has 0 saturated heterocycles. The van der Waals surface area contributed by atoms with E-state index in [0.717, 1.165) is 25.7 Å². The third-order valence-electron chi connectivity index (χ3n) is 7.85. The number of ether oxygens (including phenoxy) is 1. The molecule has 3 aliphatic carbocycles. The molecule has 2 fully saturated rings. The summed E-state index contributed by atoms with van der Waals surface area (Å²) in [5.74, 6) is 0.201. The standard InChI is InChI=1S/C21H32O4/c1-19(2)9-5-10-20(3)15(19)8-11-21(13-22)16(20)7-6-14(12-17(21)23)18(24)25-4/h12,15-16,22H,5-11,13H2,1-4H3/t15?,16?,20-,21-/m0/s1. The Kier molecular flexibility index (Phi) is 4.64. The SMILES string of the molecule is COC(=O)C1=CC(=O)[C@]2(CO)CCC3C(C)(C)CCC[C@]3(C)C2CC1. The molecular weight excluding hydrogens is 316 g/mol. The lowest BCUT2D eigenvalue weighted by atomic mass is 9.42. The second kappa shape index (κ2) is 6.22. The fraction of sp³-hybridized carbons (Fsp3) is 0.810. The predicted octanol–water partition coefficient (Wildman–Crippen LogP) is 3.67. The Balaban J connectivity index is 2.04. The third kappa shape index (κ3) is 2.68. The van der Waals surface area contributed by atoms with Gasteiger partial charge in [-0.25, -0.2) is 4.79 Å². The van der Waals surface area contributed by atoms with Gasteiger partial charge in [-0.2, -0.15) is 0 Å². The van der Waals surface area contributed by atoms with Crippen LogP contribution in [0.25, 0.3) is 0 Å². The first kappa shape index (κ1) is 18.6. The van der Waals surface area contributed by atoms with Crippen LogP contribution in [0.5, 0.6) is 0 Å². The summed E-state index contributed by atoms with van der Waals surface area (Å²) < 4.78 is 4.86. The maximum atomic E-state index is 13.2. The van der Waals surface area contributed by atoms with Gasteiger partial charge in [0.15, 0.2) is 5.78 Å². The van der Waals surface area contributed by atoms with Gasteiger partial charge in [0, 0.05) is 5.57 Å². The minimum Gasteiger partial charge on any atom is -0.466 e. The average Bonchev–Trinajstić information content (AvgIpc) is 2.71. The molecule has 3 aliphatic rings. The van der Waals surface area contributed by atoms with Crippen molar-refractivity contribution in [3.05, 3.63) is 11.6 Å². The topological polar surface area (TPSA) is 63.6 Å². The van der Waals surface area contributed by atoms with Crippen molar-refractivity contribution in [2.24, 2.45) is 28.1 Å². The first-order chi connectivity index (χ1) is 11.7. The summed E-state index contributed by atoms with van der Waals surface area (Å²) >= 11 is 0. The first-order valence-corrected chi connectivity index (χ1v) is 9.65. The van der Waals surface area contributed by atoms with Crippen LogP contribution in [0.4, 0.5) is 0 Å². The van der Waals surface area contributed by atoms with Crippen LogP contribution in [0.15, 0.2) is 11.6 Å². The molecule has 0 aliphatic heterocycles. The molecule has 2 unspecified atom stereocenters. The highest BCUT2D eigenvalue weighted by Crippen LogP contribution is 2.66. The minimum atomic E-state index is -0.728. The van der Waals surface area contributed by atoms with Gasteiger partial charge in [0.2, 0.25) is 0 Å². The number of fused-ring (bicyclic) bond motifs is 3.